The predicted molar refractivity (Wildman–Crippen MR) is 106 cm³/mol. The number of nitrogens with one attached hydrogen (secondary N) is 1. The molecule has 1 N–H and O–H groups in total. The Kier molecular flexibility index (Phi) is 6.59. The zero-order valence-corrected chi connectivity index (χ0v) is 16.4. The van der Waals surface area contributed by atoms with Gasteiger partial charge in [0.1, 0.15) is 0 Å². The minimum absolute atomic E-state index is 0.119. The summed E-state index contributed by atoms with van der Waals surface area (Å²) in [6, 6.07) is 12.2. The molecule has 2 aromatic rings. The molecule has 0 heterocycles. The summed E-state index contributed by atoms with van der Waals surface area (Å²) in [4.78, 5) is 24.4. The quantitative estimate of drug-likeness (QED) is 0.559. The molecule has 0 saturated heterocycles. The van der Waals surface area contributed by atoms with Crippen LogP contribution in [0.5, 0.6) is 0 Å². The largest absolute Gasteiger partial charge is 0.449 e. The molecule has 0 spiro atoms. The first kappa shape index (κ1) is 21.6. The van der Waals surface area contributed by atoms with Crippen molar-refractivity contribution in [1.29, 1.82) is 0 Å². The summed E-state index contributed by atoms with van der Waals surface area (Å²) in [5.74, 6) is -1.14. The average Bonchev–Trinajstić information content (AvgIpc) is 2.72. The second kappa shape index (κ2) is 9.15. The summed E-state index contributed by atoms with van der Waals surface area (Å²) >= 11 is 0. The van der Waals surface area contributed by atoms with Crippen molar-refractivity contribution in [2.75, 3.05) is 0 Å². The zero-order chi connectivity index (χ0) is 21.7. The summed E-state index contributed by atoms with van der Waals surface area (Å²) < 4.78 is 42.8. The van der Waals surface area contributed by atoms with Crippen molar-refractivity contribution in [1.82, 2.24) is 5.32 Å². The van der Waals surface area contributed by atoms with Gasteiger partial charge in [0.15, 0.2) is 6.10 Å². The maximum absolute atomic E-state index is 12.6. The molecule has 1 aliphatic carbocycles. The van der Waals surface area contributed by atoms with Gasteiger partial charge in [-0.15, -0.1) is 0 Å². The molecule has 0 unspecified atom stereocenters. The van der Waals surface area contributed by atoms with Gasteiger partial charge in [0.25, 0.3) is 5.91 Å². The highest BCUT2D eigenvalue weighted by Gasteiger charge is 2.30. The highest BCUT2D eigenvalue weighted by atomic mass is 19.4. The van der Waals surface area contributed by atoms with Crippen LogP contribution in [-0.2, 0) is 26.9 Å². The normalized spacial score (nSPS) is 17.3. The number of rotatable bonds is 5. The molecule has 2 aromatic carbocycles. The first-order valence-electron chi connectivity index (χ1n) is 9.68. The molecule has 4 nitrogen and oxygen atoms in total. The SMILES string of the molecule is C[C@@H](OC(=O)/C=C/c1ccc(C(F)(F)F)cc1)C(=O)N[C@H]1CCCc2ccccc21. The second-order valence-corrected chi connectivity index (χ2v) is 7.18. The fourth-order valence-electron chi connectivity index (χ4n) is 3.41. The van der Waals surface area contributed by atoms with Crippen LogP contribution in [0.15, 0.2) is 54.6 Å². The molecular weight excluding hydrogens is 395 g/mol. The first-order chi connectivity index (χ1) is 14.2. The molecule has 7 heteroatoms. The van der Waals surface area contributed by atoms with Gasteiger partial charge in [-0.2, -0.15) is 13.2 Å². The molecule has 2 atom stereocenters. The van der Waals surface area contributed by atoms with Crippen molar-refractivity contribution in [3.63, 3.8) is 0 Å². The van der Waals surface area contributed by atoms with Crippen molar-refractivity contribution in [2.45, 2.75) is 44.5 Å². The number of esters is 1. The van der Waals surface area contributed by atoms with Gasteiger partial charge in [0.05, 0.1) is 11.6 Å². The third-order valence-corrected chi connectivity index (χ3v) is 5.00. The Morgan fingerprint density at radius 3 is 2.53 bits per heavy atom. The van der Waals surface area contributed by atoms with Crippen LogP contribution in [0.3, 0.4) is 0 Å². The molecule has 0 fully saturated rings. The van der Waals surface area contributed by atoms with Crippen molar-refractivity contribution >= 4 is 18.0 Å². The van der Waals surface area contributed by atoms with Crippen LogP contribution in [0.1, 0.15) is 48.1 Å². The summed E-state index contributed by atoms with van der Waals surface area (Å²) in [5, 5.41) is 2.93. The zero-order valence-electron chi connectivity index (χ0n) is 16.4. The molecule has 0 aliphatic heterocycles. The first-order valence-corrected chi connectivity index (χ1v) is 9.68. The molecule has 0 bridgehead atoms. The van der Waals surface area contributed by atoms with E-state index >= 15 is 0 Å². The summed E-state index contributed by atoms with van der Waals surface area (Å²) in [5.41, 5.74) is 1.93. The number of hydrogen-bond donors (Lipinski definition) is 1. The van der Waals surface area contributed by atoms with Crippen LogP contribution in [-0.4, -0.2) is 18.0 Å². The lowest BCUT2D eigenvalue weighted by atomic mass is 9.87. The van der Waals surface area contributed by atoms with E-state index in [9.17, 15) is 22.8 Å². The fraction of sp³-hybridized carbons (Fsp3) is 0.304. The monoisotopic (exact) mass is 417 g/mol. The lowest BCUT2D eigenvalue weighted by Gasteiger charge is -2.27. The molecule has 1 aliphatic rings. The lowest BCUT2D eigenvalue weighted by molar-refractivity contribution is -0.150. The van der Waals surface area contributed by atoms with Crippen LogP contribution in [0.25, 0.3) is 6.08 Å². The van der Waals surface area contributed by atoms with Crippen molar-refractivity contribution < 1.29 is 27.5 Å². The maximum atomic E-state index is 12.6. The Labute approximate surface area is 172 Å². The summed E-state index contributed by atoms with van der Waals surface area (Å²) in [6.07, 6.45) is -0.232. The highest BCUT2D eigenvalue weighted by Crippen LogP contribution is 2.30. The van der Waals surface area contributed by atoms with E-state index in [1.807, 2.05) is 24.3 Å². The van der Waals surface area contributed by atoms with Crippen molar-refractivity contribution in [2.24, 2.45) is 0 Å². The highest BCUT2D eigenvalue weighted by molar-refractivity contribution is 5.90. The lowest BCUT2D eigenvalue weighted by Crippen LogP contribution is -2.39. The molecule has 0 aromatic heterocycles. The van der Waals surface area contributed by atoms with Gasteiger partial charge in [0, 0.05) is 6.08 Å². The van der Waals surface area contributed by atoms with E-state index in [0.29, 0.717) is 5.56 Å². The number of carbonyl (C=O) groups excluding carboxylic acids is 2. The van der Waals surface area contributed by atoms with Crippen molar-refractivity contribution in [3.8, 4) is 0 Å². The van der Waals surface area contributed by atoms with Gasteiger partial charge in [-0.05, 0) is 61.1 Å². The van der Waals surface area contributed by atoms with Crippen molar-refractivity contribution in [3.05, 3.63) is 76.9 Å². The van der Waals surface area contributed by atoms with Crippen LogP contribution >= 0.6 is 0 Å². The van der Waals surface area contributed by atoms with E-state index in [-0.39, 0.29) is 6.04 Å². The minimum atomic E-state index is -4.41. The van der Waals surface area contributed by atoms with E-state index in [4.69, 9.17) is 4.74 Å². The van der Waals surface area contributed by atoms with Crippen LogP contribution in [0.2, 0.25) is 0 Å². The Balaban J connectivity index is 1.54. The van der Waals surface area contributed by atoms with Gasteiger partial charge >= 0.3 is 12.1 Å². The van der Waals surface area contributed by atoms with Gasteiger partial charge < -0.3 is 10.1 Å². The van der Waals surface area contributed by atoms with E-state index < -0.39 is 29.7 Å². The number of ether oxygens (including phenoxy) is 1. The molecule has 3 rings (SSSR count). The van der Waals surface area contributed by atoms with Gasteiger partial charge in [0.2, 0.25) is 0 Å². The van der Waals surface area contributed by atoms with Gasteiger partial charge in [-0.25, -0.2) is 4.79 Å². The van der Waals surface area contributed by atoms with Gasteiger partial charge in [-0.3, -0.25) is 4.79 Å². The third-order valence-electron chi connectivity index (χ3n) is 5.00. The Morgan fingerprint density at radius 1 is 1.13 bits per heavy atom. The number of fused-ring (bicyclic) bond motifs is 1. The fourth-order valence-corrected chi connectivity index (χ4v) is 3.41. The van der Waals surface area contributed by atoms with E-state index in [2.05, 4.69) is 5.32 Å². The molecule has 30 heavy (non-hydrogen) atoms. The maximum Gasteiger partial charge on any atom is 0.416 e. The Bertz CT molecular complexity index is 935. The third kappa shape index (κ3) is 5.49. The van der Waals surface area contributed by atoms with Crippen LogP contribution in [0.4, 0.5) is 13.2 Å². The standard InChI is InChI=1S/C23H22F3NO3/c1-15(22(29)27-20-8-4-6-17-5-2-3-7-19(17)20)30-21(28)14-11-16-9-12-18(13-10-16)23(24,25)26/h2-3,5,7,9-15,20H,4,6,8H2,1H3,(H,27,29)/b14-11+/t15-,20+/m1/s1. The molecule has 0 saturated carbocycles. The number of benzene rings is 2. The predicted octanol–water partition coefficient (Wildman–Crippen LogP) is 4.84. The Hall–Kier alpha value is -3.09. The number of alkyl halides is 3. The van der Waals surface area contributed by atoms with Gasteiger partial charge in [-0.1, -0.05) is 36.4 Å². The van der Waals surface area contributed by atoms with E-state index in [0.717, 1.165) is 43.0 Å². The summed E-state index contributed by atoms with van der Waals surface area (Å²) in [6.45, 7) is 1.48. The topological polar surface area (TPSA) is 55.4 Å². The number of amides is 1. The molecule has 158 valence electrons. The number of carbonyl (C=O) groups is 2. The molecule has 0 radical (unpaired) electrons. The summed E-state index contributed by atoms with van der Waals surface area (Å²) in [7, 11) is 0. The Morgan fingerprint density at radius 2 is 1.83 bits per heavy atom. The minimum Gasteiger partial charge on any atom is -0.449 e. The second-order valence-electron chi connectivity index (χ2n) is 7.18. The molecular formula is C23H22F3NO3. The molecule has 1 amide bonds. The van der Waals surface area contributed by atoms with Crippen LogP contribution in [0, 0.1) is 0 Å². The number of aryl methyl sites for hydroxylation is 1. The number of hydrogen-bond acceptors (Lipinski definition) is 3. The smallest absolute Gasteiger partial charge is 0.416 e. The number of halogens is 3. The average molecular weight is 417 g/mol. The van der Waals surface area contributed by atoms with E-state index in [1.54, 1.807) is 0 Å². The van der Waals surface area contributed by atoms with E-state index in [1.165, 1.54) is 30.7 Å². The van der Waals surface area contributed by atoms with Crippen LogP contribution < -0.4 is 5.32 Å².